The molecule has 1 aromatic rings. The van der Waals surface area contributed by atoms with Crippen molar-refractivity contribution in [2.24, 2.45) is 16.5 Å². The van der Waals surface area contributed by atoms with Gasteiger partial charge in [0.2, 0.25) is 70.9 Å². The number of aliphatic imine (C=N–C) groups is 1. The second-order valence-corrected chi connectivity index (χ2v) is 27.2. The van der Waals surface area contributed by atoms with Gasteiger partial charge in [-0.25, -0.2) is 4.79 Å². The first kappa shape index (κ1) is 99.6. The molecule has 1 fully saturated rings. The molecule has 0 unspecified atom stereocenters. The van der Waals surface area contributed by atoms with Gasteiger partial charge in [0.15, 0.2) is 12.6 Å². The highest BCUT2D eigenvalue weighted by molar-refractivity contribution is 7.99. The first-order chi connectivity index (χ1) is 53.6. The van der Waals surface area contributed by atoms with E-state index < -0.39 is 169 Å². The van der Waals surface area contributed by atoms with E-state index in [-0.39, 0.29) is 141 Å². The number of nitrogens with two attached hydrogens (primary N) is 2. The maximum Gasteiger partial charge on any atom is 0.431 e. The number of carbonyl (C=O) groups excluding carboxylic acids is 13. The number of amides is 13. The highest BCUT2D eigenvalue weighted by Gasteiger charge is 2.34. The molecule has 1 aliphatic heterocycles. The second kappa shape index (κ2) is 61.1. The number of nitrogens with zero attached hydrogens (tertiary/aromatic N) is 1. The van der Waals surface area contributed by atoms with E-state index in [4.69, 9.17) is 58.9 Å². The topological polar surface area (TPSA) is 572 Å². The van der Waals surface area contributed by atoms with E-state index in [9.17, 15) is 72.2 Å². The Balaban J connectivity index is 2.08. The number of carboxylic acids is 1. The summed E-state index contributed by atoms with van der Waals surface area (Å²) in [6.07, 6.45) is -1.90. The van der Waals surface area contributed by atoms with Gasteiger partial charge in [0, 0.05) is 75.2 Å². The molecule has 44 heteroatoms. The number of benzene rings is 1. The number of carbonyl (C=O) groups is 14. The molecule has 0 radical (unpaired) electrons. The first-order valence-corrected chi connectivity index (χ1v) is 38.9. The molecule has 13 amide bonds. The summed E-state index contributed by atoms with van der Waals surface area (Å²) in [6.45, 7) is 9.01. The number of thioether (sulfide) groups is 1. The first-order valence-electron chi connectivity index (χ1n) is 36.4. The lowest BCUT2D eigenvalue weighted by Crippen LogP contribution is -2.60. The van der Waals surface area contributed by atoms with Gasteiger partial charge >= 0.3 is 12.1 Å². The van der Waals surface area contributed by atoms with Gasteiger partial charge in [-0.15, -0.1) is 0 Å². The summed E-state index contributed by atoms with van der Waals surface area (Å²) in [5, 5.41) is 40.3. The average Bonchev–Trinajstić information content (AvgIpc) is 0.846. The van der Waals surface area contributed by atoms with Crippen molar-refractivity contribution in [1.82, 2.24) is 69.3 Å². The van der Waals surface area contributed by atoms with E-state index >= 15 is 0 Å². The van der Waals surface area contributed by atoms with Gasteiger partial charge in [0.1, 0.15) is 61.1 Å². The molecule has 7 atom stereocenters. The fourth-order valence-corrected chi connectivity index (χ4v) is 10.9. The predicted octanol–water partition coefficient (Wildman–Crippen LogP) is -5.49. The molecule has 0 aromatic heterocycles. The number of nitrogens with one attached hydrogen (secondary N) is 13. The summed E-state index contributed by atoms with van der Waals surface area (Å²) in [5.41, 5.74) is 12.9. The number of ether oxygens (including phenoxy) is 9. The van der Waals surface area contributed by atoms with Crippen molar-refractivity contribution < 1.29 is 120 Å². The Hall–Kier alpha value is -8.44. The second-order valence-electron chi connectivity index (χ2n) is 25.3. The van der Waals surface area contributed by atoms with Gasteiger partial charge in [0.05, 0.1) is 98.9 Å². The average molecular weight is 1650 g/mol. The highest BCUT2D eigenvalue weighted by Crippen LogP contribution is 2.12. The van der Waals surface area contributed by atoms with Crippen molar-refractivity contribution in [3.63, 3.8) is 0 Å². The van der Waals surface area contributed by atoms with Crippen molar-refractivity contribution in [3.05, 3.63) is 35.9 Å². The molecule has 0 saturated carbocycles. The zero-order valence-electron chi connectivity index (χ0n) is 63.8. The summed E-state index contributed by atoms with van der Waals surface area (Å²) >= 11 is 9.60. The molecule has 41 nitrogen and oxygen atoms in total. The van der Waals surface area contributed by atoms with E-state index in [1.807, 2.05) is 12.4 Å². The van der Waals surface area contributed by atoms with E-state index in [0.717, 1.165) is 11.8 Å². The van der Waals surface area contributed by atoms with Crippen LogP contribution in [-0.4, -0.2) is 317 Å². The summed E-state index contributed by atoms with van der Waals surface area (Å²) in [5.74, 6) is -12.4. The SMILES string of the molecule is CCOCCOCCNC(=O)[C@@H]1CSCCC(=O)N[C@@H](CCCCNC(=O)COCC(=O)NCCOCCOCCOCCOCCOCCNC(=O)CONC(=O)OC(C)(C)C)C(=O)N[C@@H](CS)C(=O)N[C@@H](CCCN=C(N)N)C(=O)NCC(=O)N[C@@H](CC(=O)O)C(=O)N[C@@H](CS)C(=O)N[C@@H](Cc2ccccc2)C(=O)N1. The molecule has 634 valence electrons. The van der Waals surface area contributed by atoms with Crippen LogP contribution < -0.4 is 80.7 Å². The molecule has 18 N–H and O–H groups in total. The van der Waals surface area contributed by atoms with E-state index in [1.54, 1.807) is 51.1 Å². The molecule has 0 aliphatic carbocycles. The Bertz CT molecular complexity index is 3060. The number of thiol groups is 2. The molecule has 112 heavy (non-hydrogen) atoms. The highest BCUT2D eigenvalue weighted by atomic mass is 32.2. The molecule has 1 aromatic carbocycles. The Morgan fingerprint density at radius 3 is 1.54 bits per heavy atom. The van der Waals surface area contributed by atoms with Gasteiger partial charge in [-0.2, -0.15) is 42.5 Å². The number of guanidine groups is 1. The van der Waals surface area contributed by atoms with E-state index in [1.165, 1.54) is 0 Å². The smallest absolute Gasteiger partial charge is 0.431 e. The molecular weight excluding hydrogens is 1540 g/mol. The fraction of sp³-hybridized carbons (Fsp3) is 0.691. The standard InChI is InChI=1S/C68H114N16O25S3/c1-5-100-25-26-103-24-21-74-60(93)52-44-112-35-16-53(85)77-47(14-9-10-17-71-55(87)39-107-40-56(88)72-19-22-101-27-29-104-31-33-106-34-32-105-30-28-102-23-20-73-57(89)41-108-84-67(99)109-68(2,3)4)61(94)81-50(42-110)64(97)79-46(15-11-18-75-66(69)70)59(92)76-38-54(86)78-49(37-58(90)91)63(96)82-51(43-111)65(98)80-48(62(95)83-52)36-45-12-7-6-8-13-45/h6-8,12-13,46-52,110-111H,5,9-11,14-44H2,1-4H3,(H,71,87)(H,72,88)(H,73,89)(H,74,93)(H,76,92)(H,77,85)(H,78,86)(H,79,97)(H,80,98)(H,81,94)(H,82,96)(H,83,95)(H,84,99)(H,90,91)(H4,69,70,75)/t46-,47-,48-,49-,50-,51-,52-/m0/s1. The summed E-state index contributed by atoms with van der Waals surface area (Å²) < 4.78 is 48.4. The molecule has 2 rings (SSSR count). The fourth-order valence-electron chi connectivity index (χ4n) is 9.38. The summed E-state index contributed by atoms with van der Waals surface area (Å²) in [6, 6.07) is -1.92. The zero-order valence-corrected chi connectivity index (χ0v) is 66.4. The van der Waals surface area contributed by atoms with Gasteiger partial charge in [0.25, 0.3) is 0 Å². The summed E-state index contributed by atoms with van der Waals surface area (Å²) in [4.78, 5) is 195. The number of unbranched alkanes of at least 4 members (excludes halogenated alkanes) is 1. The number of aliphatic carboxylic acids is 1. The van der Waals surface area contributed by atoms with Crippen LogP contribution in [0.3, 0.4) is 0 Å². The van der Waals surface area contributed by atoms with Crippen LogP contribution in [-0.2, 0) is 116 Å². The van der Waals surface area contributed by atoms with Crippen LogP contribution in [0.4, 0.5) is 4.79 Å². The Labute approximate surface area is 665 Å². The van der Waals surface area contributed by atoms with Crippen LogP contribution >= 0.6 is 37.0 Å². The number of rotatable bonds is 48. The van der Waals surface area contributed by atoms with Gasteiger partial charge in [-0.1, -0.05) is 30.3 Å². The van der Waals surface area contributed by atoms with Gasteiger partial charge in [-0.05, 0) is 65.4 Å². The van der Waals surface area contributed by atoms with Gasteiger partial charge in [-0.3, -0.25) is 72.2 Å². The third-order valence-corrected chi connectivity index (χ3v) is 16.6. The lowest BCUT2D eigenvalue weighted by molar-refractivity contribution is -0.141. The van der Waals surface area contributed by atoms with Crippen molar-refractivity contribution in [3.8, 4) is 0 Å². The van der Waals surface area contributed by atoms with Crippen LogP contribution in [0.2, 0.25) is 0 Å². The zero-order chi connectivity index (χ0) is 82.7. The van der Waals surface area contributed by atoms with Crippen LogP contribution in [0.25, 0.3) is 0 Å². The minimum absolute atomic E-state index is 0.00437. The van der Waals surface area contributed by atoms with Crippen LogP contribution in [0.1, 0.15) is 78.2 Å². The van der Waals surface area contributed by atoms with Gasteiger partial charge < -0.3 is 123 Å². The van der Waals surface area contributed by atoms with Crippen molar-refractivity contribution in [2.45, 2.75) is 127 Å². The van der Waals surface area contributed by atoms with Crippen LogP contribution in [0.5, 0.6) is 0 Å². The molecule has 0 spiro atoms. The number of hydrogen-bond donors (Lipinski definition) is 18. The summed E-state index contributed by atoms with van der Waals surface area (Å²) in [7, 11) is 0. The normalized spacial score (nSPS) is 18.9. The quantitative estimate of drug-likeness (QED) is 0.00951. The van der Waals surface area contributed by atoms with Crippen molar-refractivity contribution in [1.29, 1.82) is 0 Å². The maximum atomic E-state index is 14.4. The molecule has 1 heterocycles. The Morgan fingerprint density at radius 1 is 0.536 bits per heavy atom. The minimum atomic E-state index is -1.85. The van der Waals surface area contributed by atoms with Crippen LogP contribution in [0.15, 0.2) is 35.3 Å². The number of hydrogen-bond acceptors (Lipinski definition) is 28. The molecular formula is C68H114N16O25S3. The third-order valence-electron chi connectivity index (χ3n) is 14.8. The number of carboxylic acid groups (broad SMARTS) is 1. The van der Waals surface area contributed by atoms with Crippen LogP contribution in [0, 0.1) is 0 Å². The lowest BCUT2D eigenvalue weighted by atomic mass is 10.0. The monoisotopic (exact) mass is 1650 g/mol. The minimum Gasteiger partial charge on any atom is -0.481 e. The maximum absolute atomic E-state index is 14.4. The third kappa shape index (κ3) is 50.5. The largest absolute Gasteiger partial charge is 0.481 e. The predicted molar refractivity (Wildman–Crippen MR) is 412 cm³/mol. The Kier molecular flexibility index (Phi) is 54.4. The van der Waals surface area contributed by atoms with E-state index in [0.29, 0.717) is 58.4 Å². The van der Waals surface area contributed by atoms with Crippen molar-refractivity contribution >= 4 is 126 Å². The molecule has 1 saturated heterocycles. The van der Waals surface area contributed by atoms with Crippen molar-refractivity contribution in [2.75, 3.05) is 175 Å². The number of hydroxylamine groups is 1. The Morgan fingerprint density at radius 2 is 1.00 bits per heavy atom. The van der Waals surface area contributed by atoms with E-state index in [2.05, 4.69) is 94.1 Å². The molecule has 1 aliphatic rings. The molecule has 0 bridgehead atoms. The lowest BCUT2D eigenvalue weighted by Gasteiger charge is -2.26.